The summed E-state index contributed by atoms with van der Waals surface area (Å²) in [7, 11) is 1.50. The molecule has 0 heterocycles. The molecule has 0 unspecified atom stereocenters. The molecule has 4 aromatic rings. The maximum atomic E-state index is 12.0. The molecule has 1 atom stereocenters. The molecular weight excluding hydrogens is 456 g/mol. The summed E-state index contributed by atoms with van der Waals surface area (Å²) in [5.41, 5.74) is 0.944. The highest BCUT2D eigenvalue weighted by Gasteiger charge is 2.19. The monoisotopic (exact) mass is 484 g/mol. The number of methoxy groups -OCH3 is 1. The Morgan fingerprint density at radius 2 is 1.11 bits per heavy atom. The van der Waals surface area contributed by atoms with Gasteiger partial charge in [0.2, 0.25) is 0 Å². The molecule has 0 saturated heterocycles. The lowest BCUT2D eigenvalue weighted by Gasteiger charge is -2.14. The minimum Gasteiger partial charge on any atom is -0.464 e. The van der Waals surface area contributed by atoms with Gasteiger partial charge in [0.25, 0.3) is 0 Å². The Kier molecular flexibility index (Phi) is 8.57. The molecule has 4 rings (SSSR count). The smallest absolute Gasteiger partial charge is 0.335 e. The van der Waals surface area contributed by atoms with Crippen LogP contribution in [0.1, 0.15) is 12.5 Å². The fraction of sp³-hybridized carbons (Fsp3) is 0.167. The summed E-state index contributed by atoms with van der Waals surface area (Å²) in [6.07, 6.45) is -0.210. The van der Waals surface area contributed by atoms with Gasteiger partial charge in [-0.3, -0.25) is 0 Å². The van der Waals surface area contributed by atoms with Gasteiger partial charge in [0.05, 0.1) is 6.61 Å². The van der Waals surface area contributed by atoms with Gasteiger partial charge in [0.15, 0.2) is 6.10 Å². The Hall–Kier alpha value is -4.29. The molecule has 0 amide bonds. The SMILES string of the molecule is CCOC(=O)[C@H](Cc1ccc(Oc2cccc(Oc3ccc(Oc4ccccc4)cc3)c2)cc1)OC. The first-order valence-corrected chi connectivity index (χ1v) is 11.7. The van der Waals surface area contributed by atoms with E-state index < -0.39 is 6.10 Å². The third-order valence-corrected chi connectivity index (χ3v) is 5.26. The van der Waals surface area contributed by atoms with Gasteiger partial charge in [-0.05, 0) is 73.2 Å². The third kappa shape index (κ3) is 7.10. The van der Waals surface area contributed by atoms with Crippen molar-refractivity contribution >= 4 is 5.97 Å². The average molecular weight is 485 g/mol. The molecule has 0 saturated carbocycles. The normalized spacial score (nSPS) is 11.4. The summed E-state index contributed by atoms with van der Waals surface area (Å²) in [5.74, 6) is 3.80. The molecular formula is C30H28O6. The number of carbonyl (C=O) groups excluding carboxylic acids is 1. The predicted molar refractivity (Wildman–Crippen MR) is 137 cm³/mol. The van der Waals surface area contributed by atoms with E-state index in [4.69, 9.17) is 23.7 Å². The maximum Gasteiger partial charge on any atom is 0.335 e. The number of carbonyl (C=O) groups is 1. The quantitative estimate of drug-likeness (QED) is 0.210. The molecule has 0 aromatic heterocycles. The van der Waals surface area contributed by atoms with E-state index in [9.17, 15) is 4.79 Å². The number of para-hydroxylation sites is 1. The number of hydrogen-bond donors (Lipinski definition) is 0. The fourth-order valence-corrected chi connectivity index (χ4v) is 3.48. The molecule has 0 aliphatic carbocycles. The molecule has 0 bridgehead atoms. The van der Waals surface area contributed by atoms with Gasteiger partial charge in [-0.25, -0.2) is 4.79 Å². The molecule has 0 fully saturated rings. The molecule has 6 heteroatoms. The van der Waals surface area contributed by atoms with E-state index >= 15 is 0 Å². The molecule has 0 N–H and O–H groups in total. The summed E-state index contributed by atoms with van der Waals surface area (Å²) >= 11 is 0. The van der Waals surface area contributed by atoms with Crippen LogP contribution in [-0.4, -0.2) is 25.8 Å². The van der Waals surface area contributed by atoms with Crippen molar-refractivity contribution in [3.8, 4) is 34.5 Å². The van der Waals surface area contributed by atoms with Gasteiger partial charge < -0.3 is 23.7 Å². The standard InChI is InChI=1S/C30H28O6/c1-3-33-30(31)29(32-2)20-22-12-14-24(15-13-22)35-27-10-7-11-28(21-27)36-26-18-16-25(17-19-26)34-23-8-5-4-6-9-23/h4-19,21,29H,3,20H2,1-2H3/t29-/m0/s1. The molecule has 36 heavy (non-hydrogen) atoms. The van der Waals surface area contributed by atoms with E-state index in [0.29, 0.717) is 36.0 Å². The second-order valence-corrected chi connectivity index (χ2v) is 7.89. The van der Waals surface area contributed by atoms with E-state index in [1.807, 2.05) is 103 Å². The van der Waals surface area contributed by atoms with Gasteiger partial charge >= 0.3 is 5.97 Å². The summed E-state index contributed by atoms with van der Waals surface area (Å²) < 4.78 is 28.1. The average Bonchev–Trinajstić information content (AvgIpc) is 2.90. The van der Waals surface area contributed by atoms with Crippen molar-refractivity contribution in [2.45, 2.75) is 19.4 Å². The lowest BCUT2D eigenvalue weighted by atomic mass is 10.1. The van der Waals surface area contributed by atoms with Crippen LogP contribution in [-0.2, 0) is 20.7 Å². The first-order chi connectivity index (χ1) is 17.6. The van der Waals surface area contributed by atoms with Gasteiger partial charge in [0.1, 0.15) is 34.5 Å². The van der Waals surface area contributed by atoms with Gasteiger partial charge in [0, 0.05) is 19.6 Å². The van der Waals surface area contributed by atoms with Crippen molar-refractivity contribution in [3.63, 3.8) is 0 Å². The predicted octanol–water partition coefficient (Wildman–Crippen LogP) is 7.18. The second kappa shape index (κ2) is 12.4. The number of ether oxygens (including phenoxy) is 5. The number of esters is 1. The van der Waals surface area contributed by atoms with E-state index in [1.165, 1.54) is 7.11 Å². The Morgan fingerprint density at radius 1 is 0.639 bits per heavy atom. The first kappa shape index (κ1) is 24.8. The van der Waals surface area contributed by atoms with Crippen molar-refractivity contribution in [1.29, 1.82) is 0 Å². The molecule has 0 aliphatic rings. The van der Waals surface area contributed by atoms with Crippen molar-refractivity contribution in [2.75, 3.05) is 13.7 Å². The van der Waals surface area contributed by atoms with Crippen LogP contribution in [0.25, 0.3) is 0 Å². The van der Waals surface area contributed by atoms with Crippen molar-refractivity contribution in [1.82, 2.24) is 0 Å². The van der Waals surface area contributed by atoms with Gasteiger partial charge in [-0.2, -0.15) is 0 Å². The zero-order chi connectivity index (χ0) is 25.2. The highest BCUT2D eigenvalue weighted by atomic mass is 16.6. The largest absolute Gasteiger partial charge is 0.464 e. The Balaban J connectivity index is 1.34. The van der Waals surface area contributed by atoms with Crippen LogP contribution in [0.15, 0.2) is 103 Å². The van der Waals surface area contributed by atoms with Crippen LogP contribution < -0.4 is 14.2 Å². The number of benzene rings is 4. The minimum absolute atomic E-state index is 0.322. The minimum atomic E-state index is -0.635. The molecule has 0 spiro atoms. The van der Waals surface area contributed by atoms with Crippen LogP contribution in [0.5, 0.6) is 34.5 Å². The summed E-state index contributed by atoms with van der Waals surface area (Å²) in [6.45, 7) is 2.09. The molecule has 6 nitrogen and oxygen atoms in total. The zero-order valence-electron chi connectivity index (χ0n) is 20.3. The fourth-order valence-electron chi connectivity index (χ4n) is 3.48. The summed E-state index contributed by atoms with van der Waals surface area (Å²) in [6, 6.07) is 32.0. The van der Waals surface area contributed by atoms with Crippen molar-refractivity contribution < 1.29 is 28.5 Å². The Bertz CT molecular complexity index is 1240. The summed E-state index contributed by atoms with van der Waals surface area (Å²) in [5, 5.41) is 0. The summed E-state index contributed by atoms with van der Waals surface area (Å²) in [4.78, 5) is 12.0. The van der Waals surface area contributed by atoms with Gasteiger partial charge in [-0.15, -0.1) is 0 Å². The topological polar surface area (TPSA) is 63.2 Å². The van der Waals surface area contributed by atoms with Crippen LogP contribution in [0.2, 0.25) is 0 Å². The third-order valence-electron chi connectivity index (χ3n) is 5.26. The number of hydrogen-bond acceptors (Lipinski definition) is 6. The Morgan fingerprint density at radius 3 is 1.64 bits per heavy atom. The van der Waals surface area contributed by atoms with Crippen LogP contribution in [0.3, 0.4) is 0 Å². The number of rotatable bonds is 11. The van der Waals surface area contributed by atoms with Gasteiger partial charge in [-0.1, -0.05) is 36.4 Å². The van der Waals surface area contributed by atoms with E-state index in [2.05, 4.69) is 0 Å². The molecule has 184 valence electrons. The highest BCUT2D eigenvalue weighted by Crippen LogP contribution is 2.30. The van der Waals surface area contributed by atoms with Crippen molar-refractivity contribution in [2.24, 2.45) is 0 Å². The van der Waals surface area contributed by atoms with E-state index in [1.54, 1.807) is 6.92 Å². The maximum absolute atomic E-state index is 12.0. The molecule has 0 radical (unpaired) electrons. The Labute approximate surface area is 211 Å². The second-order valence-electron chi connectivity index (χ2n) is 7.89. The van der Waals surface area contributed by atoms with Crippen LogP contribution in [0.4, 0.5) is 0 Å². The van der Waals surface area contributed by atoms with E-state index in [-0.39, 0.29) is 5.97 Å². The molecule has 0 aliphatic heterocycles. The van der Waals surface area contributed by atoms with Crippen molar-refractivity contribution in [3.05, 3.63) is 109 Å². The zero-order valence-corrected chi connectivity index (χ0v) is 20.3. The van der Waals surface area contributed by atoms with Crippen LogP contribution >= 0.6 is 0 Å². The highest BCUT2D eigenvalue weighted by molar-refractivity contribution is 5.75. The van der Waals surface area contributed by atoms with Crippen LogP contribution in [0, 0.1) is 0 Å². The first-order valence-electron chi connectivity index (χ1n) is 11.7. The van der Waals surface area contributed by atoms with E-state index in [0.717, 1.165) is 17.1 Å². The lowest BCUT2D eigenvalue weighted by Crippen LogP contribution is -2.27. The lowest BCUT2D eigenvalue weighted by molar-refractivity contribution is -0.154. The molecule has 4 aromatic carbocycles.